The van der Waals surface area contributed by atoms with Gasteiger partial charge in [0.15, 0.2) is 0 Å². The van der Waals surface area contributed by atoms with Crippen LogP contribution in [0.4, 0.5) is 10.1 Å². The van der Waals surface area contributed by atoms with Gasteiger partial charge < -0.3 is 5.32 Å². The lowest BCUT2D eigenvalue weighted by atomic mass is 9.46. The molecule has 2 aromatic rings. The number of halogens is 2. The van der Waals surface area contributed by atoms with Crippen molar-refractivity contribution in [3.63, 3.8) is 0 Å². The second-order valence-electron chi connectivity index (χ2n) is 8.38. The molecule has 1 amide bonds. The van der Waals surface area contributed by atoms with E-state index in [4.69, 9.17) is 0 Å². The number of hydrogen-bond donors (Lipinski definition) is 1. The van der Waals surface area contributed by atoms with Crippen LogP contribution < -0.4 is 5.32 Å². The van der Waals surface area contributed by atoms with Crippen LogP contribution in [0.25, 0.3) is 0 Å². The van der Waals surface area contributed by atoms with Crippen molar-refractivity contribution in [2.24, 2.45) is 17.3 Å². The molecule has 4 saturated carbocycles. The zero-order chi connectivity index (χ0) is 17.9. The van der Waals surface area contributed by atoms with Gasteiger partial charge in [-0.15, -0.1) is 0 Å². The van der Waals surface area contributed by atoms with E-state index < -0.39 is 11.2 Å². The molecule has 1 aromatic carbocycles. The smallest absolute Gasteiger partial charge is 0.230 e. The molecular formula is C19H20BrFN4O. The number of anilines is 1. The molecule has 136 valence electrons. The van der Waals surface area contributed by atoms with Crippen molar-refractivity contribution in [2.75, 3.05) is 5.32 Å². The quantitative estimate of drug-likeness (QED) is 0.815. The molecule has 6 rings (SSSR count). The lowest BCUT2D eigenvalue weighted by molar-refractivity contribution is -0.150. The number of aromatic nitrogens is 3. The number of carbonyl (C=O) groups excluding carboxylic acids is 1. The maximum Gasteiger partial charge on any atom is 0.230 e. The highest BCUT2D eigenvalue weighted by Gasteiger charge is 2.61. The largest absolute Gasteiger partial charge is 0.323 e. The average Bonchev–Trinajstić information content (AvgIpc) is 3.11. The highest BCUT2D eigenvalue weighted by Crippen LogP contribution is 2.64. The molecule has 4 atom stereocenters. The minimum absolute atomic E-state index is 0.0442. The summed E-state index contributed by atoms with van der Waals surface area (Å²) in [5, 5.41) is 7.29. The van der Waals surface area contributed by atoms with E-state index in [-0.39, 0.29) is 17.1 Å². The van der Waals surface area contributed by atoms with Gasteiger partial charge in [0.2, 0.25) is 5.91 Å². The highest BCUT2D eigenvalue weighted by atomic mass is 79.9. The third-order valence-corrected chi connectivity index (χ3v) is 7.09. The highest BCUT2D eigenvalue weighted by molar-refractivity contribution is 9.10. The van der Waals surface area contributed by atoms with E-state index in [1.54, 1.807) is 24.8 Å². The first-order valence-electron chi connectivity index (χ1n) is 9.10. The fourth-order valence-corrected chi connectivity index (χ4v) is 6.38. The van der Waals surface area contributed by atoms with Crippen molar-refractivity contribution in [3.05, 3.63) is 41.1 Å². The van der Waals surface area contributed by atoms with Crippen LogP contribution in [-0.2, 0) is 10.3 Å². The Balaban J connectivity index is 1.47. The predicted molar refractivity (Wildman–Crippen MR) is 97.8 cm³/mol. The van der Waals surface area contributed by atoms with Gasteiger partial charge in [-0.1, -0.05) is 15.9 Å². The Labute approximate surface area is 159 Å². The maximum atomic E-state index is 14.2. The zero-order valence-electron chi connectivity index (χ0n) is 14.3. The van der Waals surface area contributed by atoms with E-state index in [0.717, 1.165) is 32.1 Å². The molecule has 0 aliphatic heterocycles. The van der Waals surface area contributed by atoms with E-state index in [1.165, 1.54) is 12.5 Å². The van der Waals surface area contributed by atoms with Gasteiger partial charge in [0, 0.05) is 4.47 Å². The van der Waals surface area contributed by atoms with Crippen molar-refractivity contribution < 1.29 is 9.18 Å². The Morgan fingerprint density at radius 3 is 2.69 bits per heavy atom. The lowest BCUT2D eigenvalue weighted by Crippen LogP contribution is -2.60. The topological polar surface area (TPSA) is 59.8 Å². The van der Waals surface area contributed by atoms with Crippen LogP contribution in [0.15, 0.2) is 35.3 Å². The van der Waals surface area contributed by atoms with Gasteiger partial charge in [-0.2, -0.15) is 5.10 Å². The summed E-state index contributed by atoms with van der Waals surface area (Å²) in [5.41, 5.74) is -0.296. The van der Waals surface area contributed by atoms with E-state index in [9.17, 15) is 9.18 Å². The zero-order valence-corrected chi connectivity index (χ0v) is 15.9. The number of nitrogens with zero attached hydrogens (tertiary/aromatic N) is 3. The van der Waals surface area contributed by atoms with Crippen LogP contribution in [0.5, 0.6) is 0 Å². The Kier molecular flexibility index (Phi) is 3.55. The SMILES string of the molecule is O=C(Nc1ccc(Br)cc1F)C12C[C@H]3C[C@@H](C1)CC(n1cncn1)(C3)C2. The lowest BCUT2D eigenvalue weighted by Gasteiger charge is -2.60. The fourth-order valence-electron chi connectivity index (χ4n) is 6.05. The Hall–Kier alpha value is -1.76. The van der Waals surface area contributed by atoms with Gasteiger partial charge in [-0.25, -0.2) is 14.1 Å². The normalized spacial score (nSPS) is 34.8. The Bertz CT molecular complexity index is 854. The second-order valence-corrected chi connectivity index (χ2v) is 9.30. The standard InChI is InChI=1S/C19H20BrFN4O/c20-14-1-2-16(15(21)4-14)24-17(26)18-5-12-3-13(6-18)8-19(7-12,9-18)25-11-22-10-23-25/h1-2,4,10-13H,3,5-9H2,(H,24,26)/t12-,13+,18?,19?. The van der Waals surface area contributed by atoms with Gasteiger partial charge in [0.1, 0.15) is 18.5 Å². The second kappa shape index (κ2) is 5.62. The molecule has 4 bridgehead atoms. The number of benzene rings is 1. The Morgan fingerprint density at radius 1 is 1.27 bits per heavy atom. The minimum atomic E-state index is -0.435. The van der Waals surface area contributed by atoms with Crippen molar-refractivity contribution in [3.8, 4) is 0 Å². The number of carbonyl (C=O) groups is 1. The van der Waals surface area contributed by atoms with Crippen molar-refractivity contribution >= 4 is 27.5 Å². The number of hydrogen-bond acceptors (Lipinski definition) is 3. The van der Waals surface area contributed by atoms with Crippen LogP contribution >= 0.6 is 15.9 Å². The molecule has 0 spiro atoms. The van der Waals surface area contributed by atoms with E-state index in [1.807, 2.05) is 4.68 Å². The third kappa shape index (κ3) is 2.43. The summed E-state index contributed by atoms with van der Waals surface area (Å²) in [6.07, 6.45) is 9.23. The molecule has 2 unspecified atom stereocenters. The monoisotopic (exact) mass is 418 g/mol. The van der Waals surface area contributed by atoms with Crippen LogP contribution in [0, 0.1) is 23.1 Å². The molecule has 0 radical (unpaired) electrons. The molecule has 7 heteroatoms. The summed E-state index contributed by atoms with van der Waals surface area (Å²) in [7, 11) is 0. The van der Waals surface area contributed by atoms with Crippen LogP contribution in [0.3, 0.4) is 0 Å². The van der Waals surface area contributed by atoms with E-state index in [0.29, 0.717) is 16.3 Å². The van der Waals surface area contributed by atoms with Crippen LogP contribution in [-0.4, -0.2) is 20.7 Å². The van der Waals surface area contributed by atoms with Crippen molar-refractivity contribution in [2.45, 2.75) is 44.1 Å². The summed E-state index contributed by atoms with van der Waals surface area (Å²) in [6.45, 7) is 0. The molecule has 1 heterocycles. The van der Waals surface area contributed by atoms with Gasteiger partial charge in [0.05, 0.1) is 16.6 Å². The molecule has 4 aliphatic carbocycles. The predicted octanol–water partition coefficient (Wildman–Crippen LogP) is 4.11. The molecular weight excluding hydrogens is 399 g/mol. The summed E-state index contributed by atoms with van der Waals surface area (Å²) < 4.78 is 16.9. The number of nitrogens with one attached hydrogen (secondary N) is 1. The average molecular weight is 419 g/mol. The van der Waals surface area contributed by atoms with E-state index >= 15 is 0 Å². The third-order valence-electron chi connectivity index (χ3n) is 6.60. The number of rotatable bonds is 3. The molecule has 1 N–H and O–H groups in total. The summed E-state index contributed by atoms with van der Waals surface area (Å²) >= 11 is 3.25. The van der Waals surface area contributed by atoms with Crippen LogP contribution in [0.1, 0.15) is 38.5 Å². The Morgan fingerprint density at radius 2 is 2.04 bits per heavy atom. The molecule has 0 saturated heterocycles. The molecule has 5 nitrogen and oxygen atoms in total. The first-order valence-corrected chi connectivity index (χ1v) is 9.89. The summed E-state index contributed by atoms with van der Waals surface area (Å²) in [6, 6.07) is 4.74. The molecule has 1 aromatic heterocycles. The summed E-state index contributed by atoms with van der Waals surface area (Å²) in [5.74, 6) is 0.600. The van der Waals surface area contributed by atoms with Crippen molar-refractivity contribution in [1.82, 2.24) is 14.8 Å². The molecule has 4 aliphatic rings. The minimum Gasteiger partial charge on any atom is -0.323 e. The first-order chi connectivity index (χ1) is 12.5. The van der Waals surface area contributed by atoms with Gasteiger partial charge in [-0.3, -0.25) is 4.79 Å². The van der Waals surface area contributed by atoms with Crippen molar-refractivity contribution in [1.29, 1.82) is 0 Å². The molecule has 4 fully saturated rings. The maximum absolute atomic E-state index is 14.2. The molecule has 26 heavy (non-hydrogen) atoms. The van der Waals surface area contributed by atoms with E-state index in [2.05, 4.69) is 31.3 Å². The van der Waals surface area contributed by atoms with Gasteiger partial charge in [0.25, 0.3) is 0 Å². The first kappa shape index (κ1) is 16.4. The fraction of sp³-hybridized carbons (Fsp3) is 0.526. The van der Waals surface area contributed by atoms with Crippen LogP contribution in [0.2, 0.25) is 0 Å². The van der Waals surface area contributed by atoms with Gasteiger partial charge in [-0.05, 0) is 68.6 Å². The number of amides is 1. The summed E-state index contributed by atoms with van der Waals surface area (Å²) in [4.78, 5) is 17.4. The van der Waals surface area contributed by atoms with Gasteiger partial charge >= 0.3 is 0 Å².